The van der Waals surface area contributed by atoms with Crippen LogP contribution in [0.3, 0.4) is 0 Å². The van der Waals surface area contributed by atoms with E-state index < -0.39 is 0 Å². The molecule has 0 amide bonds. The van der Waals surface area contributed by atoms with E-state index in [9.17, 15) is 0 Å². The maximum Gasteiger partial charge on any atom is 0.217 e. The number of rotatable bonds is 7. The van der Waals surface area contributed by atoms with Crippen LogP contribution in [0.25, 0.3) is 0 Å². The zero-order valence-corrected chi connectivity index (χ0v) is 30.6. The number of para-hydroxylation sites is 3. The van der Waals surface area contributed by atoms with Gasteiger partial charge in [0.2, 0.25) is 6.71 Å². The van der Waals surface area contributed by atoms with Crippen molar-refractivity contribution in [3.05, 3.63) is 191 Å². The molecule has 2 unspecified atom stereocenters. The highest BCUT2D eigenvalue weighted by molar-refractivity contribution is 6.83. The van der Waals surface area contributed by atoms with E-state index in [2.05, 4.69) is 196 Å². The second-order valence-electron chi connectivity index (χ2n) is 14.8. The Labute approximate surface area is 305 Å². The van der Waals surface area contributed by atoms with Crippen molar-refractivity contribution in [3.63, 3.8) is 0 Å². The van der Waals surface area contributed by atoms with Crippen LogP contribution < -0.4 is 15.3 Å². The molecule has 0 N–H and O–H groups in total. The zero-order chi connectivity index (χ0) is 35.1. The number of fused-ring (bicyclic) bond motifs is 2. The summed E-state index contributed by atoms with van der Waals surface area (Å²) in [5.41, 5.74) is 17.6. The van der Waals surface area contributed by atoms with Crippen LogP contribution >= 0.6 is 0 Å². The summed E-state index contributed by atoms with van der Waals surface area (Å²) in [7, 11) is 0. The van der Waals surface area contributed by atoms with Crippen LogP contribution in [-0.4, -0.2) is 6.71 Å². The van der Waals surface area contributed by atoms with E-state index in [0.29, 0.717) is 24.4 Å². The first-order chi connectivity index (χ1) is 24.9. The lowest BCUT2D eigenvalue weighted by Crippen LogP contribution is -2.47. The fraction of sp³-hybridized carbons (Fsp3) is 0.208. The van der Waals surface area contributed by atoms with Crippen LogP contribution in [-0.2, 0) is 6.42 Å². The summed E-state index contributed by atoms with van der Waals surface area (Å²) in [4.78, 5) is 4.73. The smallest absolute Gasteiger partial charge is 0.217 e. The summed E-state index contributed by atoms with van der Waals surface area (Å²) in [5.74, 6) is 1.53. The Balaban J connectivity index is 1.15. The number of hydrogen-bond donors (Lipinski definition) is 0. The van der Waals surface area contributed by atoms with Gasteiger partial charge < -0.3 is 9.80 Å². The number of anilines is 5. The molecule has 3 heteroatoms. The van der Waals surface area contributed by atoms with Crippen molar-refractivity contribution < 1.29 is 0 Å². The van der Waals surface area contributed by atoms with Gasteiger partial charge in [-0.2, -0.15) is 0 Å². The molecule has 252 valence electrons. The normalized spacial score (nSPS) is 19.5. The number of allylic oxidation sites excluding steroid dienone is 7. The summed E-state index contributed by atoms with van der Waals surface area (Å²) in [6, 6.07) is 45.9. The van der Waals surface area contributed by atoms with Crippen LogP contribution in [0.15, 0.2) is 174 Å². The highest BCUT2D eigenvalue weighted by Crippen LogP contribution is 2.44. The summed E-state index contributed by atoms with van der Waals surface area (Å²) < 4.78 is 0. The molecule has 1 aliphatic heterocycles. The lowest BCUT2D eigenvalue weighted by molar-refractivity contribution is 0.514. The van der Waals surface area contributed by atoms with Crippen molar-refractivity contribution in [2.75, 3.05) is 9.80 Å². The summed E-state index contributed by atoms with van der Waals surface area (Å²) in [6.45, 7) is 12.2. The minimum atomic E-state index is 0.371. The molecule has 0 saturated heterocycles. The van der Waals surface area contributed by atoms with Gasteiger partial charge in [-0.3, -0.25) is 0 Å². The maximum atomic E-state index is 2.59. The molecule has 0 radical (unpaired) electrons. The van der Waals surface area contributed by atoms with Crippen LogP contribution in [0.2, 0.25) is 5.82 Å². The molecule has 2 aliphatic carbocycles. The van der Waals surface area contributed by atoms with Gasteiger partial charge in [0.15, 0.2) is 0 Å². The van der Waals surface area contributed by atoms with Crippen molar-refractivity contribution in [1.82, 2.24) is 0 Å². The number of hydrogen-bond acceptors (Lipinski definition) is 2. The predicted octanol–water partition coefficient (Wildman–Crippen LogP) is 12.2. The predicted molar refractivity (Wildman–Crippen MR) is 219 cm³/mol. The summed E-state index contributed by atoms with van der Waals surface area (Å²) in [5, 5.41) is 0. The van der Waals surface area contributed by atoms with Gasteiger partial charge in [-0.25, -0.2) is 0 Å². The van der Waals surface area contributed by atoms with Gasteiger partial charge in [-0.1, -0.05) is 132 Å². The van der Waals surface area contributed by atoms with Crippen molar-refractivity contribution in [3.8, 4) is 0 Å². The lowest BCUT2D eigenvalue weighted by Gasteiger charge is -2.41. The second-order valence-corrected chi connectivity index (χ2v) is 14.8. The first-order valence-electron chi connectivity index (χ1n) is 18.6. The number of aryl methyl sites for hydroxylation is 2. The van der Waals surface area contributed by atoms with Gasteiger partial charge in [-0.05, 0) is 124 Å². The van der Waals surface area contributed by atoms with Gasteiger partial charge in [0.25, 0.3) is 0 Å². The quantitative estimate of drug-likeness (QED) is 0.160. The molecule has 5 aromatic carbocycles. The van der Waals surface area contributed by atoms with Crippen molar-refractivity contribution >= 4 is 40.6 Å². The van der Waals surface area contributed by atoms with Crippen molar-refractivity contribution in [2.45, 2.75) is 53.3 Å². The Hall–Kier alpha value is -5.28. The molecule has 0 saturated carbocycles. The van der Waals surface area contributed by atoms with E-state index in [4.69, 9.17) is 0 Å². The molecule has 8 rings (SSSR count). The molecule has 3 atom stereocenters. The number of benzene rings is 5. The topological polar surface area (TPSA) is 6.48 Å². The Bertz CT molecular complexity index is 2120. The Kier molecular flexibility index (Phi) is 8.90. The van der Waals surface area contributed by atoms with E-state index in [1.165, 1.54) is 22.4 Å². The highest BCUT2D eigenvalue weighted by Gasteiger charge is 2.41. The minimum Gasteiger partial charge on any atom is -0.311 e. The molecule has 1 heterocycles. The summed E-state index contributed by atoms with van der Waals surface area (Å²) in [6.07, 6.45) is 12.0. The largest absolute Gasteiger partial charge is 0.311 e. The molecular weight excluding hydrogens is 615 g/mol. The molecule has 0 spiro atoms. The SMILES string of the molecule is CC1=C2B(C3C=CC(N(c4ccccc4)c4ccc(N(c5ccccc5)c5ccccc5)cc4)=CC3)c3c(C)cc(C)cc3CC2=CC(C)[C@H]1C. The van der Waals surface area contributed by atoms with E-state index in [-0.39, 0.29) is 0 Å². The van der Waals surface area contributed by atoms with Crippen LogP contribution in [0, 0.1) is 25.7 Å². The fourth-order valence-electron chi connectivity index (χ4n) is 8.89. The standard InChI is InChI=1S/C48H47BN2/c1-33-29-35(3)47-38(30-33)32-39-31-34(2)36(4)37(5)48(39)49(47)40-21-23-44(24-22-40)51(43-19-13-8-14-20-43)46-27-25-45(26-28-46)50(41-15-9-6-10-16-41)42-17-11-7-12-18-42/h6-21,23-31,34,36,40H,22,32H2,1-5H3/t34?,36-,40?/m1/s1. The third kappa shape index (κ3) is 6.20. The molecule has 0 fully saturated rings. The van der Waals surface area contributed by atoms with Gasteiger partial charge in [-0.15, -0.1) is 0 Å². The van der Waals surface area contributed by atoms with Gasteiger partial charge in [0.05, 0.1) is 0 Å². The molecule has 51 heavy (non-hydrogen) atoms. The molecule has 0 aromatic heterocycles. The van der Waals surface area contributed by atoms with Gasteiger partial charge >= 0.3 is 0 Å². The molecule has 5 aromatic rings. The van der Waals surface area contributed by atoms with Crippen LogP contribution in [0.4, 0.5) is 28.4 Å². The van der Waals surface area contributed by atoms with E-state index in [0.717, 1.165) is 41.3 Å². The Morgan fingerprint density at radius 2 is 1.16 bits per heavy atom. The van der Waals surface area contributed by atoms with Gasteiger partial charge in [0, 0.05) is 34.1 Å². The first kappa shape index (κ1) is 32.9. The third-order valence-corrected chi connectivity index (χ3v) is 11.5. The Morgan fingerprint density at radius 1 is 0.627 bits per heavy atom. The second kappa shape index (κ2) is 13.8. The monoisotopic (exact) mass is 662 g/mol. The Morgan fingerprint density at radius 3 is 1.71 bits per heavy atom. The van der Waals surface area contributed by atoms with E-state index >= 15 is 0 Å². The summed E-state index contributed by atoms with van der Waals surface area (Å²) >= 11 is 0. The van der Waals surface area contributed by atoms with Crippen molar-refractivity contribution in [1.29, 1.82) is 0 Å². The maximum absolute atomic E-state index is 2.59. The van der Waals surface area contributed by atoms with Crippen molar-refractivity contribution in [2.24, 2.45) is 11.8 Å². The molecule has 3 aliphatic rings. The number of nitrogens with zero attached hydrogens (tertiary/aromatic N) is 2. The van der Waals surface area contributed by atoms with Crippen LogP contribution in [0.5, 0.6) is 0 Å². The third-order valence-electron chi connectivity index (χ3n) is 11.5. The van der Waals surface area contributed by atoms with E-state index in [1.807, 2.05) is 0 Å². The first-order valence-corrected chi connectivity index (χ1v) is 18.6. The highest BCUT2D eigenvalue weighted by atomic mass is 15.2. The van der Waals surface area contributed by atoms with E-state index in [1.54, 1.807) is 22.1 Å². The van der Waals surface area contributed by atoms with Crippen LogP contribution in [0.1, 0.15) is 43.9 Å². The lowest BCUT2D eigenvalue weighted by atomic mass is 9.27. The average molecular weight is 663 g/mol. The van der Waals surface area contributed by atoms with Gasteiger partial charge in [0.1, 0.15) is 0 Å². The molecular formula is C48H47BN2. The minimum absolute atomic E-state index is 0.371. The zero-order valence-electron chi connectivity index (χ0n) is 30.6. The molecule has 2 nitrogen and oxygen atoms in total. The average Bonchev–Trinajstić information content (AvgIpc) is 3.15. The fourth-order valence-corrected chi connectivity index (χ4v) is 8.89. The molecule has 0 bridgehead atoms.